The highest BCUT2D eigenvalue weighted by atomic mass is 79.9. The summed E-state index contributed by atoms with van der Waals surface area (Å²) in [5.74, 6) is 0.452. The van der Waals surface area contributed by atoms with Gasteiger partial charge in [-0.05, 0) is 53.0 Å². The van der Waals surface area contributed by atoms with Gasteiger partial charge in [-0.25, -0.2) is 15.0 Å². The molecule has 1 aliphatic rings. The van der Waals surface area contributed by atoms with E-state index in [1.807, 2.05) is 0 Å². The summed E-state index contributed by atoms with van der Waals surface area (Å²) in [6, 6.07) is 12.8. The van der Waals surface area contributed by atoms with E-state index in [9.17, 15) is 0 Å². The highest BCUT2D eigenvalue weighted by Gasteiger charge is 2.16. The molecule has 0 amide bonds. The standard InChI is InChI=1S/C21H18BrN5S/c22-14-9-18(28-11-14)16-10-17(26-21-19(16)20(23)24-12-25-21)13-3-5-15(6-4-13)27-7-1-2-8-27/h3-6,9-12H,1-2,7-8H2,(H2,23,24,25,26). The molecule has 1 aliphatic heterocycles. The Labute approximate surface area is 175 Å². The normalized spacial score (nSPS) is 14.1. The molecule has 28 heavy (non-hydrogen) atoms. The fourth-order valence-electron chi connectivity index (χ4n) is 3.70. The third kappa shape index (κ3) is 3.14. The highest BCUT2D eigenvalue weighted by Crippen LogP contribution is 2.38. The molecule has 4 aromatic rings. The highest BCUT2D eigenvalue weighted by molar-refractivity contribution is 9.10. The number of hydrogen-bond donors (Lipinski definition) is 1. The van der Waals surface area contributed by atoms with Crippen molar-refractivity contribution in [3.8, 4) is 21.7 Å². The number of pyridine rings is 1. The van der Waals surface area contributed by atoms with Gasteiger partial charge in [-0.15, -0.1) is 11.3 Å². The van der Waals surface area contributed by atoms with Crippen LogP contribution in [-0.4, -0.2) is 28.0 Å². The van der Waals surface area contributed by atoms with Crippen LogP contribution in [-0.2, 0) is 0 Å². The lowest BCUT2D eigenvalue weighted by Gasteiger charge is -2.17. The minimum atomic E-state index is 0.452. The van der Waals surface area contributed by atoms with Gasteiger partial charge >= 0.3 is 0 Å². The van der Waals surface area contributed by atoms with Crippen LogP contribution in [0, 0.1) is 0 Å². The van der Waals surface area contributed by atoms with Crippen LogP contribution in [0.4, 0.5) is 11.5 Å². The van der Waals surface area contributed by atoms with Gasteiger partial charge < -0.3 is 10.6 Å². The lowest BCUT2D eigenvalue weighted by Crippen LogP contribution is -2.17. The fourth-order valence-corrected chi connectivity index (χ4v) is 5.15. The quantitative estimate of drug-likeness (QED) is 0.453. The lowest BCUT2D eigenvalue weighted by molar-refractivity contribution is 0.949. The zero-order valence-electron chi connectivity index (χ0n) is 15.1. The van der Waals surface area contributed by atoms with Gasteiger partial charge in [0.15, 0.2) is 5.65 Å². The van der Waals surface area contributed by atoms with Crippen LogP contribution >= 0.6 is 27.3 Å². The number of rotatable bonds is 3. The minimum absolute atomic E-state index is 0.452. The first-order valence-electron chi connectivity index (χ1n) is 9.20. The number of nitrogens with two attached hydrogens (primary N) is 1. The molecule has 3 aromatic heterocycles. The second-order valence-corrected chi connectivity index (χ2v) is 8.71. The second kappa shape index (κ2) is 7.14. The Kier molecular flexibility index (Phi) is 4.49. The Morgan fingerprint density at radius 1 is 1.04 bits per heavy atom. The SMILES string of the molecule is Nc1ncnc2nc(-c3ccc(N4CCCC4)cc3)cc(-c3cc(Br)cs3)c12. The van der Waals surface area contributed by atoms with Crippen LogP contribution in [0.1, 0.15) is 12.8 Å². The number of nitrogen functional groups attached to an aromatic ring is 1. The monoisotopic (exact) mass is 451 g/mol. The van der Waals surface area contributed by atoms with Gasteiger partial charge in [0.2, 0.25) is 0 Å². The summed E-state index contributed by atoms with van der Waals surface area (Å²) in [4.78, 5) is 16.9. The molecule has 0 spiro atoms. The lowest BCUT2D eigenvalue weighted by atomic mass is 10.0. The molecule has 1 saturated heterocycles. The van der Waals surface area contributed by atoms with E-state index in [0.29, 0.717) is 11.5 Å². The summed E-state index contributed by atoms with van der Waals surface area (Å²) in [6.07, 6.45) is 4.02. The summed E-state index contributed by atoms with van der Waals surface area (Å²) < 4.78 is 1.05. The molecule has 0 bridgehead atoms. The van der Waals surface area contributed by atoms with Gasteiger partial charge in [0.25, 0.3) is 0 Å². The van der Waals surface area contributed by atoms with Crippen molar-refractivity contribution in [3.63, 3.8) is 0 Å². The van der Waals surface area contributed by atoms with E-state index < -0.39 is 0 Å². The fraction of sp³-hybridized carbons (Fsp3) is 0.190. The van der Waals surface area contributed by atoms with Gasteiger partial charge in [0, 0.05) is 44.6 Å². The molecule has 0 aliphatic carbocycles. The number of aromatic nitrogens is 3. The molecule has 2 N–H and O–H groups in total. The average molecular weight is 452 g/mol. The van der Waals surface area contributed by atoms with Crippen LogP contribution in [0.5, 0.6) is 0 Å². The minimum Gasteiger partial charge on any atom is -0.383 e. The molecule has 5 rings (SSSR count). The number of nitrogens with zero attached hydrogens (tertiary/aromatic N) is 4. The molecular weight excluding hydrogens is 434 g/mol. The van der Waals surface area contributed by atoms with Crippen molar-refractivity contribution in [2.45, 2.75) is 12.8 Å². The van der Waals surface area contributed by atoms with Crippen molar-refractivity contribution < 1.29 is 0 Å². The van der Waals surface area contributed by atoms with E-state index in [1.165, 1.54) is 24.9 Å². The smallest absolute Gasteiger partial charge is 0.165 e. The third-order valence-corrected chi connectivity index (χ3v) is 6.82. The van der Waals surface area contributed by atoms with E-state index in [-0.39, 0.29) is 0 Å². The number of anilines is 2. The molecule has 0 saturated carbocycles. The number of benzene rings is 1. The second-order valence-electron chi connectivity index (χ2n) is 6.88. The zero-order valence-corrected chi connectivity index (χ0v) is 17.5. The molecule has 5 nitrogen and oxygen atoms in total. The van der Waals surface area contributed by atoms with Crippen molar-refractivity contribution >= 4 is 49.8 Å². The first-order chi connectivity index (χ1) is 13.7. The van der Waals surface area contributed by atoms with Crippen LogP contribution in [0.3, 0.4) is 0 Å². The topological polar surface area (TPSA) is 67.9 Å². The number of halogens is 1. The van der Waals surface area contributed by atoms with Crippen LogP contribution in [0.2, 0.25) is 0 Å². The van der Waals surface area contributed by atoms with E-state index in [0.717, 1.165) is 44.6 Å². The summed E-state index contributed by atoms with van der Waals surface area (Å²) in [6.45, 7) is 2.28. The van der Waals surface area contributed by atoms with Gasteiger partial charge in [-0.1, -0.05) is 12.1 Å². The largest absolute Gasteiger partial charge is 0.383 e. The van der Waals surface area contributed by atoms with Gasteiger partial charge in [0.1, 0.15) is 12.1 Å². The van der Waals surface area contributed by atoms with Gasteiger partial charge in [0.05, 0.1) is 11.1 Å². The maximum Gasteiger partial charge on any atom is 0.165 e. The predicted octanol–water partition coefficient (Wildman–Crippen LogP) is 5.37. The molecule has 140 valence electrons. The van der Waals surface area contributed by atoms with Crippen molar-refractivity contribution in [3.05, 3.63) is 52.6 Å². The van der Waals surface area contributed by atoms with E-state index >= 15 is 0 Å². The number of fused-ring (bicyclic) bond motifs is 1. The van der Waals surface area contributed by atoms with E-state index in [4.69, 9.17) is 10.7 Å². The molecular formula is C21H18BrN5S. The molecule has 7 heteroatoms. The molecule has 1 fully saturated rings. The molecule has 0 unspecified atom stereocenters. The van der Waals surface area contributed by atoms with Crippen LogP contribution in [0.25, 0.3) is 32.7 Å². The van der Waals surface area contributed by atoms with Crippen LogP contribution < -0.4 is 10.6 Å². The summed E-state index contributed by atoms with van der Waals surface area (Å²) in [5, 5.41) is 2.86. The number of thiophene rings is 1. The Hall–Kier alpha value is -2.51. The average Bonchev–Trinajstić information content (AvgIpc) is 3.39. The Balaban J connectivity index is 1.64. The van der Waals surface area contributed by atoms with Gasteiger partial charge in [-0.2, -0.15) is 0 Å². The third-order valence-electron chi connectivity index (χ3n) is 5.10. The Morgan fingerprint density at radius 2 is 1.82 bits per heavy atom. The molecule has 0 radical (unpaired) electrons. The van der Waals surface area contributed by atoms with Crippen molar-refractivity contribution in [1.29, 1.82) is 0 Å². The van der Waals surface area contributed by atoms with Crippen LogP contribution in [0.15, 0.2) is 52.6 Å². The molecule has 0 atom stereocenters. The summed E-state index contributed by atoms with van der Waals surface area (Å²) >= 11 is 5.20. The molecule has 4 heterocycles. The van der Waals surface area contributed by atoms with Gasteiger partial charge in [-0.3, -0.25) is 0 Å². The van der Waals surface area contributed by atoms with Crippen molar-refractivity contribution in [1.82, 2.24) is 15.0 Å². The summed E-state index contributed by atoms with van der Waals surface area (Å²) in [7, 11) is 0. The number of hydrogen-bond acceptors (Lipinski definition) is 6. The maximum atomic E-state index is 6.18. The predicted molar refractivity (Wildman–Crippen MR) is 120 cm³/mol. The van der Waals surface area contributed by atoms with Crippen molar-refractivity contribution in [2.75, 3.05) is 23.7 Å². The Bertz CT molecular complexity index is 1150. The zero-order chi connectivity index (χ0) is 19.1. The summed E-state index contributed by atoms with van der Waals surface area (Å²) in [5.41, 5.74) is 11.0. The first-order valence-corrected chi connectivity index (χ1v) is 10.9. The first kappa shape index (κ1) is 17.6. The van der Waals surface area contributed by atoms with E-state index in [2.05, 4.69) is 72.6 Å². The molecule has 1 aromatic carbocycles. The Morgan fingerprint density at radius 3 is 2.54 bits per heavy atom. The van der Waals surface area contributed by atoms with Crippen molar-refractivity contribution in [2.24, 2.45) is 0 Å². The van der Waals surface area contributed by atoms with E-state index in [1.54, 1.807) is 11.3 Å². The maximum absolute atomic E-state index is 6.18.